The van der Waals surface area contributed by atoms with Crippen molar-refractivity contribution < 1.29 is 14.5 Å². The lowest BCUT2D eigenvalue weighted by Gasteiger charge is -2.12. The number of amides is 1. The van der Waals surface area contributed by atoms with E-state index in [4.69, 9.17) is 4.74 Å². The molecular formula is C26H21Br2N5O5. The average Bonchev–Trinajstić information content (AvgIpc) is 2.87. The normalized spacial score (nSPS) is 11.3. The molecule has 3 aromatic carbocycles. The number of nitro benzene ring substituents is 1. The lowest BCUT2D eigenvalue weighted by atomic mass is 10.2. The number of fused-ring (bicyclic) bond motifs is 1. The number of nitro groups is 1. The standard InChI is InChI=1S/C26H21Br2N5O5/c1-15(2)25-31-21-9-8-17(27)12-19(21)26(35)32(25)29-13-16-10-20(28)24(22(11-16)33(36)37)38-14-23(34)30-18-6-4-3-5-7-18/h3-13,15H,14H2,1-2H3,(H,30,34). The van der Waals surface area contributed by atoms with Crippen LogP contribution in [-0.4, -0.2) is 33.3 Å². The summed E-state index contributed by atoms with van der Waals surface area (Å²) in [5.41, 5.74) is 0.720. The predicted octanol–water partition coefficient (Wildman–Crippen LogP) is 5.85. The fourth-order valence-electron chi connectivity index (χ4n) is 3.58. The summed E-state index contributed by atoms with van der Waals surface area (Å²) in [5, 5.41) is 19.2. The van der Waals surface area contributed by atoms with Crippen LogP contribution in [0.2, 0.25) is 0 Å². The van der Waals surface area contributed by atoms with E-state index in [1.807, 2.05) is 19.9 Å². The van der Waals surface area contributed by atoms with Gasteiger partial charge in [-0.1, -0.05) is 48.0 Å². The number of anilines is 1. The predicted molar refractivity (Wildman–Crippen MR) is 152 cm³/mol. The molecule has 1 aromatic heterocycles. The fraction of sp³-hybridized carbons (Fsp3) is 0.154. The zero-order chi connectivity index (χ0) is 27.4. The van der Waals surface area contributed by atoms with Gasteiger partial charge < -0.3 is 10.1 Å². The van der Waals surface area contributed by atoms with Crippen LogP contribution in [0, 0.1) is 10.1 Å². The summed E-state index contributed by atoms with van der Waals surface area (Å²) in [7, 11) is 0. The second-order valence-corrected chi connectivity index (χ2v) is 10.2. The Morgan fingerprint density at radius 2 is 1.92 bits per heavy atom. The minimum absolute atomic E-state index is 0.104. The lowest BCUT2D eigenvalue weighted by Crippen LogP contribution is -2.23. The maximum Gasteiger partial charge on any atom is 0.312 e. The maximum absolute atomic E-state index is 13.2. The molecule has 10 nitrogen and oxygen atoms in total. The maximum atomic E-state index is 13.2. The molecule has 4 rings (SSSR count). The van der Waals surface area contributed by atoms with Crippen LogP contribution in [0.25, 0.3) is 10.9 Å². The second-order valence-electron chi connectivity index (χ2n) is 8.46. The van der Waals surface area contributed by atoms with Crippen molar-refractivity contribution in [2.75, 3.05) is 11.9 Å². The molecule has 0 fully saturated rings. The molecule has 1 N–H and O–H groups in total. The van der Waals surface area contributed by atoms with E-state index in [0.717, 1.165) is 4.47 Å². The monoisotopic (exact) mass is 641 g/mol. The largest absolute Gasteiger partial charge is 0.476 e. The first kappa shape index (κ1) is 27.1. The van der Waals surface area contributed by atoms with Crippen LogP contribution in [0.15, 0.2) is 79.5 Å². The third-order valence-electron chi connectivity index (χ3n) is 5.32. The number of hydrogen-bond donors (Lipinski definition) is 1. The van der Waals surface area contributed by atoms with Gasteiger partial charge in [-0.15, -0.1) is 0 Å². The summed E-state index contributed by atoms with van der Waals surface area (Å²) < 4.78 is 7.66. The Bertz CT molecular complexity index is 1620. The van der Waals surface area contributed by atoms with Gasteiger partial charge in [0.2, 0.25) is 5.75 Å². The smallest absolute Gasteiger partial charge is 0.312 e. The van der Waals surface area contributed by atoms with Gasteiger partial charge in [-0.2, -0.15) is 9.78 Å². The third kappa shape index (κ3) is 6.14. The van der Waals surface area contributed by atoms with E-state index in [0.29, 0.717) is 28.0 Å². The Hall–Kier alpha value is -3.90. The molecule has 0 radical (unpaired) electrons. The summed E-state index contributed by atoms with van der Waals surface area (Å²) in [6.45, 7) is 3.34. The van der Waals surface area contributed by atoms with Crippen molar-refractivity contribution >= 4 is 66.3 Å². The van der Waals surface area contributed by atoms with Gasteiger partial charge in [0.1, 0.15) is 5.82 Å². The first-order valence-corrected chi connectivity index (χ1v) is 12.9. The fourth-order valence-corrected chi connectivity index (χ4v) is 4.53. The molecular weight excluding hydrogens is 622 g/mol. The number of ether oxygens (including phenoxy) is 1. The minimum Gasteiger partial charge on any atom is -0.476 e. The molecule has 1 heterocycles. The van der Waals surface area contributed by atoms with Crippen LogP contribution >= 0.6 is 31.9 Å². The first-order valence-electron chi connectivity index (χ1n) is 11.4. The highest BCUT2D eigenvalue weighted by molar-refractivity contribution is 9.10. The molecule has 38 heavy (non-hydrogen) atoms. The van der Waals surface area contributed by atoms with Crippen LogP contribution < -0.4 is 15.6 Å². The van der Waals surface area contributed by atoms with Gasteiger partial charge in [0.05, 0.1) is 26.5 Å². The molecule has 0 saturated carbocycles. The number of carbonyl (C=O) groups is 1. The first-order chi connectivity index (χ1) is 18.1. The van der Waals surface area contributed by atoms with Gasteiger partial charge in [0, 0.05) is 27.7 Å². The molecule has 0 aliphatic heterocycles. The second kappa shape index (κ2) is 11.7. The average molecular weight is 643 g/mol. The SMILES string of the molecule is CC(C)c1nc2ccc(Br)cc2c(=O)n1N=Cc1cc(Br)c(OCC(=O)Nc2ccccc2)c([N+](=O)[O-])c1. The van der Waals surface area contributed by atoms with Crippen LogP contribution in [0.3, 0.4) is 0 Å². The molecule has 0 spiro atoms. The van der Waals surface area contributed by atoms with Crippen LogP contribution in [0.5, 0.6) is 5.75 Å². The number of aromatic nitrogens is 2. The highest BCUT2D eigenvalue weighted by Crippen LogP contribution is 2.36. The third-order valence-corrected chi connectivity index (χ3v) is 6.40. The number of para-hydroxylation sites is 1. The van der Waals surface area contributed by atoms with Gasteiger partial charge in [-0.25, -0.2) is 4.98 Å². The van der Waals surface area contributed by atoms with Gasteiger partial charge in [0.25, 0.3) is 11.5 Å². The zero-order valence-electron chi connectivity index (χ0n) is 20.2. The van der Waals surface area contributed by atoms with Crippen molar-refractivity contribution in [2.24, 2.45) is 5.10 Å². The van der Waals surface area contributed by atoms with Gasteiger partial charge in [-0.05, 0) is 52.3 Å². The Morgan fingerprint density at radius 1 is 1.18 bits per heavy atom. The highest BCUT2D eigenvalue weighted by atomic mass is 79.9. The summed E-state index contributed by atoms with van der Waals surface area (Å²) in [5.74, 6) is -0.252. The number of rotatable bonds is 8. The highest BCUT2D eigenvalue weighted by Gasteiger charge is 2.21. The topological polar surface area (TPSA) is 129 Å². The molecule has 4 aromatic rings. The van der Waals surface area contributed by atoms with E-state index in [1.165, 1.54) is 17.0 Å². The van der Waals surface area contributed by atoms with Crippen molar-refractivity contribution in [3.63, 3.8) is 0 Å². The van der Waals surface area contributed by atoms with Crippen molar-refractivity contribution in [3.05, 3.63) is 101 Å². The zero-order valence-corrected chi connectivity index (χ0v) is 23.4. The summed E-state index contributed by atoms with van der Waals surface area (Å²) >= 11 is 6.66. The van der Waals surface area contributed by atoms with E-state index < -0.39 is 17.4 Å². The van der Waals surface area contributed by atoms with E-state index in [-0.39, 0.29) is 27.4 Å². The molecule has 0 saturated heterocycles. The van der Waals surface area contributed by atoms with E-state index in [9.17, 15) is 19.7 Å². The number of halogens is 2. The summed E-state index contributed by atoms with van der Waals surface area (Å²) in [4.78, 5) is 41.2. The molecule has 0 aliphatic carbocycles. The molecule has 0 atom stereocenters. The van der Waals surface area contributed by atoms with E-state index in [2.05, 4.69) is 47.3 Å². The molecule has 0 unspecified atom stereocenters. The number of hydrogen-bond acceptors (Lipinski definition) is 7. The number of nitrogens with one attached hydrogen (secondary N) is 1. The summed E-state index contributed by atoms with van der Waals surface area (Å²) in [6.07, 6.45) is 1.34. The Morgan fingerprint density at radius 3 is 2.61 bits per heavy atom. The van der Waals surface area contributed by atoms with Gasteiger partial charge in [0.15, 0.2) is 6.61 Å². The Kier molecular flexibility index (Phi) is 8.32. The quantitative estimate of drug-likeness (QED) is 0.146. The molecule has 12 heteroatoms. The summed E-state index contributed by atoms with van der Waals surface area (Å²) in [6, 6.07) is 16.8. The number of nitrogens with zero attached hydrogens (tertiary/aromatic N) is 4. The number of carbonyl (C=O) groups excluding carboxylic acids is 1. The van der Waals surface area contributed by atoms with Crippen molar-refractivity contribution in [3.8, 4) is 5.75 Å². The van der Waals surface area contributed by atoms with Gasteiger partial charge in [-0.3, -0.25) is 19.7 Å². The molecule has 0 bridgehead atoms. The molecule has 1 amide bonds. The number of benzene rings is 3. The molecule has 0 aliphatic rings. The van der Waals surface area contributed by atoms with Crippen molar-refractivity contribution in [2.45, 2.75) is 19.8 Å². The van der Waals surface area contributed by atoms with Crippen LogP contribution in [-0.2, 0) is 4.79 Å². The minimum atomic E-state index is -0.618. The Labute approximate surface area is 233 Å². The van der Waals surface area contributed by atoms with Crippen molar-refractivity contribution in [1.82, 2.24) is 9.66 Å². The molecule has 194 valence electrons. The van der Waals surface area contributed by atoms with Crippen LogP contribution in [0.1, 0.15) is 31.2 Å². The van der Waals surface area contributed by atoms with E-state index in [1.54, 1.807) is 48.5 Å². The lowest BCUT2D eigenvalue weighted by molar-refractivity contribution is -0.385. The van der Waals surface area contributed by atoms with Crippen molar-refractivity contribution in [1.29, 1.82) is 0 Å². The van der Waals surface area contributed by atoms with Crippen LogP contribution in [0.4, 0.5) is 11.4 Å². The Balaban J connectivity index is 1.64. The van der Waals surface area contributed by atoms with E-state index >= 15 is 0 Å². The van der Waals surface area contributed by atoms with Gasteiger partial charge >= 0.3 is 5.69 Å².